The van der Waals surface area contributed by atoms with Gasteiger partial charge in [0.25, 0.3) is 0 Å². The molecule has 5 rings (SSSR count). The Hall–Kier alpha value is -2.81. The largest absolute Gasteiger partial charge is 0.480 e. The average molecular weight is 786 g/mol. The second-order valence-corrected chi connectivity index (χ2v) is 12.8. The van der Waals surface area contributed by atoms with Gasteiger partial charge in [0.2, 0.25) is 0 Å². The van der Waals surface area contributed by atoms with Crippen molar-refractivity contribution in [3.63, 3.8) is 0 Å². The molecule has 4 aromatic rings. The molecule has 0 bridgehead atoms. The minimum absolute atomic E-state index is 0.246. The van der Waals surface area contributed by atoms with E-state index in [2.05, 4.69) is 89.1 Å². The number of likely N-dealkylation sites (N-methyl/N-ethyl adjacent to an activating group) is 1. The van der Waals surface area contributed by atoms with Gasteiger partial charge in [0, 0.05) is 5.75 Å². The first kappa shape index (κ1) is 38.0. The summed E-state index contributed by atoms with van der Waals surface area (Å²) >= 11 is 6.11. The number of hydrogen-bond donors (Lipinski definition) is 3. The second-order valence-electron chi connectivity index (χ2n) is 11.2. The van der Waals surface area contributed by atoms with Crippen LogP contribution in [0.5, 0.6) is 0 Å². The van der Waals surface area contributed by atoms with Gasteiger partial charge >= 0.3 is 5.97 Å². The van der Waals surface area contributed by atoms with Crippen molar-refractivity contribution in [3.8, 4) is 0 Å². The Labute approximate surface area is 302 Å². The van der Waals surface area contributed by atoms with Crippen LogP contribution in [0.1, 0.15) is 22.3 Å². The van der Waals surface area contributed by atoms with Crippen LogP contribution < -0.4 is 5.32 Å². The summed E-state index contributed by atoms with van der Waals surface area (Å²) in [6, 6.07) is 40.2. The topological polar surface area (TPSA) is 95.5 Å². The van der Waals surface area contributed by atoms with Crippen LogP contribution in [-0.4, -0.2) is 65.1 Å². The molecule has 8 nitrogen and oxygen atoms in total. The van der Waals surface area contributed by atoms with Crippen molar-refractivity contribution >= 4 is 41.2 Å². The first-order chi connectivity index (χ1) is 23.5. The number of carbonyl (C=O) groups is 1. The van der Waals surface area contributed by atoms with Crippen molar-refractivity contribution in [2.45, 2.75) is 61.0 Å². The van der Waals surface area contributed by atoms with Gasteiger partial charge in [-0.15, -0.1) is 0 Å². The number of halogens is 1. The maximum Gasteiger partial charge on any atom is 0.321 e. The van der Waals surface area contributed by atoms with Gasteiger partial charge in [-0.05, 0) is 51.9 Å². The summed E-state index contributed by atoms with van der Waals surface area (Å²) in [7, 11) is 1.59. The molecule has 5 unspecified atom stereocenters. The highest BCUT2D eigenvalue weighted by atomic mass is 127. The summed E-state index contributed by atoms with van der Waals surface area (Å²) in [5.41, 5.74) is 4.40. The number of alkyl halides is 1. The maximum absolute atomic E-state index is 10.1. The fourth-order valence-electron chi connectivity index (χ4n) is 5.03. The molecule has 48 heavy (non-hydrogen) atoms. The van der Waals surface area contributed by atoms with Gasteiger partial charge in [-0.2, -0.15) is 12.6 Å². The van der Waals surface area contributed by atoms with Crippen molar-refractivity contribution in [1.82, 2.24) is 5.32 Å². The third kappa shape index (κ3) is 12.6. The van der Waals surface area contributed by atoms with E-state index in [0.29, 0.717) is 38.8 Å². The molecule has 6 atom stereocenters. The summed E-state index contributed by atoms with van der Waals surface area (Å²) in [6.07, 6.45) is -1.43. The lowest BCUT2D eigenvalue weighted by Crippen LogP contribution is -2.59. The molecular weight excluding hydrogens is 741 g/mol. The van der Waals surface area contributed by atoms with E-state index in [1.54, 1.807) is 7.05 Å². The van der Waals surface area contributed by atoms with Gasteiger partial charge < -0.3 is 34.1 Å². The van der Waals surface area contributed by atoms with Crippen molar-refractivity contribution in [2.24, 2.45) is 0 Å². The molecule has 1 aliphatic heterocycles. The van der Waals surface area contributed by atoms with E-state index in [-0.39, 0.29) is 22.4 Å². The summed E-state index contributed by atoms with van der Waals surface area (Å²) < 4.78 is 32.2. The van der Waals surface area contributed by atoms with Crippen molar-refractivity contribution in [2.75, 3.05) is 19.4 Å². The molecule has 0 aromatic heterocycles. The number of nitrogens with one attached hydrogen (secondary N) is 1. The monoisotopic (exact) mass is 785 g/mol. The zero-order chi connectivity index (χ0) is 34.0. The van der Waals surface area contributed by atoms with Crippen LogP contribution in [0, 0.1) is 0 Å². The summed E-state index contributed by atoms with van der Waals surface area (Å²) in [5, 5.41) is 10.8. The highest BCUT2D eigenvalue weighted by Gasteiger charge is 2.47. The predicted molar refractivity (Wildman–Crippen MR) is 198 cm³/mol. The third-order valence-corrected chi connectivity index (χ3v) is 9.02. The van der Waals surface area contributed by atoms with E-state index >= 15 is 0 Å². The Morgan fingerprint density at radius 3 is 1.48 bits per heavy atom. The van der Waals surface area contributed by atoms with E-state index in [1.807, 2.05) is 72.8 Å². The molecule has 10 heteroatoms. The third-order valence-electron chi connectivity index (χ3n) is 7.66. The van der Waals surface area contributed by atoms with Crippen LogP contribution >= 0.6 is 35.2 Å². The van der Waals surface area contributed by atoms with Crippen LogP contribution in [0.3, 0.4) is 0 Å². The first-order valence-electron chi connectivity index (χ1n) is 15.9. The van der Waals surface area contributed by atoms with E-state index < -0.39 is 18.1 Å². The number of ether oxygens (including phenoxy) is 5. The number of benzene rings is 4. The van der Waals surface area contributed by atoms with E-state index in [4.69, 9.17) is 28.8 Å². The lowest BCUT2D eigenvalue weighted by Gasteiger charge is -2.44. The number of aliphatic carboxylic acids is 1. The van der Waals surface area contributed by atoms with Crippen LogP contribution in [0.2, 0.25) is 0 Å². The highest BCUT2D eigenvalue weighted by Crippen LogP contribution is 2.33. The molecule has 1 saturated heterocycles. The molecule has 256 valence electrons. The summed E-state index contributed by atoms with van der Waals surface area (Å²) in [4.78, 5) is 10.1. The molecule has 1 aliphatic rings. The quantitative estimate of drug-likeness (QED) is 0.0657. The Kier molecular flexibility index (Phi) is 16.9. The van der Waals surface area contributed by atoms with Crippen LogP contribution in [-0.2, 0) is 54.9 Å². The number of carboxylic acids is 1. The second kappa shape index (κ2) is 21.3. The van der Waals surface area contributed by atoms with Gasteiger partial charge in [-0.25, -0.2) is 0 Å². The molecule has 0 radical (unpaired) electrons. The molecular formula is C38H44INO7S. The molecule has 1 heterocycles. The number of hydrogen-bond acceptors (Lipinski definition) is 8. The van der Waals surface area contributed by atoms with Gasteiger partial charge in [0.15, 0.2) is 0 Å². The Bertz CT molecular complexity index is 1430. The molecule has 1 fully saturated rings. The summed E-state index contributed by atoms with van der Waals surface area (Å²) in [6.45, 7) is 2.22. The highest BCUT2D eigenvalue weighted by molar-refractivity contribution is 14.1. The SMILES string of the molecule is CN[C@@H](CS)C(=O)O.IC1OC(COCc2ccccc2)C(OCc2ccccc2)C(OCc2ccccc2)C1OCc1ccccc1. The van der Waals surface area contributed by atoms with Gasteiger partial charge in [-0.3, -0.25) is 4.79 Å². The molecule has 0 spiro atoms. The van der Waals surface area contributed by atoms with Crippen molar-refractivity contribution in [3.05, 3.63) is 144 Å². The molecule has 0 aliphatic carbocycles. The average Bonchev–Trinajstić information content (AvgIpc) is 3.12. The number of thiol groups is 1. The van der Waals surface area contributed by atoms with Gasteiger partial charge in [-0.1, -0.05) is 121 Å². The maximum atomic E-state index is 10.1. The zero-order valence-electron chi connectivity index (χ0n) is 27.0. The minimum atomic E-state index is -0.859. The smallest absolute Gasteiger partial charge is 0.321 e. The predicted octanol–water partition coefficient (Wildman–Crippen LogP) is 6.71. The van der Waals surface area contributed by atoms with E-state index in [1.165, 1.54) is 0 Å². The van der Waals surface area contributed by atoms with Crippen molar-refractivity contribution < 1.29 is 33.6 Å². The Morgan fingerprint density at radius 1 is 0.708 bits per heavy atom. The molecule has 2 N–H and O–H groups in total. The first-order valence-corrected chi connectivity index (χ1v) is 17.7. The van der Waals surface area contributed by atoms with E-state index in [0.717, 1.165) is 22.3 Å². The standard InChI is InChI=1S/C34H35IO5.C4H9NO2S/c35-34-33(39-24-29-19-11-4-12-20-29)32(38-23-28-17-9-3-10-18-28)31(37-22-27-15-7-2-8-16-27)30(40-34)25-36-21-26-13-5-1-6-14-26;1-5-3(2-8)4(6)7/h1-20,30-34H,21-25H2;3,5,8H,2H2,1H3,(H,6,7)/t;3-/m.0/s1. The zero-order valence-corrected chi connectivity index (χ0v) is 30.0. The lowest BCUT2D eigenvalue weighted by atomic mass is 9.99. The van der Waals surface area contributed by atoms with E-state index in [9.17, 15) is 4.79 Å². The molecule has 0 saturated carbocycles. The Balaban J connectivity index is 0.000000579. The fraction of sp³-hybridized carbons (Fsp3) is 0.342. The van der Waals surface area contributed by atoms with Gasteiger partial charge in [0.1, 0.15) is 34.6 Å². The molecule has 0 amide bonds. The van der Waals surface area contributed by atoms with Crippen molar-refractivity contribution in [1.29, 1.82) is 0 Å². The summed E-state index contributed by atoms with van der Waals surface area (Å²) in [5.74, 6) is -0.534. The van der Waals surface area contributed by atoms with Crippen LogP contribution in [0.4, 0.5) is 0 Å². The molecule has 4 aromatic carbocycles. The fourth-order valence-corrected chi connectivity index (χ4v) is 6.36. The minimum Gasteiger partial charge on any atom is -0.480 e. The van der Waals surface area contributed by atoms with Crippen LogP contribution in [0.15, 0.2) is 121 Å². The normalized spacial score (nSPS) is 21.1. The Morgan fingerprint density at radius 2 is 1.10 bits per heavy atom. The number of carboxylic acid groups (broad SMARTS) is 1. The van der Waals surface area contributed by atoms with Crippen LogP contribution in [0.25, 0.3) is 0 Å². The van der Waals surface area contributed by atoms with Gasteiger partial charge in [0.05, 0.1) is 33.0 Å². The lowest BCUT2D eigenvalue weighted by molar-refractivity contribution is -0.251. The number of rotatable bonds is 16.